The van der Waals surface area contributed by atoms with Crippen LogP contribution in [-0.2, 0) is 4.74 Å². The number of urea groups is 1. The van der Waals surface area contributed by atoms with Gasteiger partial charge in [0.2, 0.25) is 0 Å². The van der Waals surface area contributed by atoms with Gasteiger partial charge in [-0.05, 0) is 37.5 Å². The van der Waals surface area contributed by atoms with Crippen molar-refractivity contribution in [3.8, 4) is 0 Å². The van der Waals surface area contributed by atoms with Crippen molar-refractivity contribution in [2.24, 2.45) is 0 Å². The molecule has 0 bridgehead atoms. The number of hydrogen-bond donors (Lipinski definition) is 3. The highest BCUT2D eigenvalue weighted by Crippen LogP contribution is 2.17. The number of hydrogen-bond acceptors (Lipinski definition) is 5. The van der Waals surface area contributed by atoms with Crippen LogP contribution < -0.4 is 16.0 Å². The molecule has 1 aliphatic heterocycles. The third-order valence-electron chi connectivity index (χ3n) is 3.75. The summed E-state index contributed by atoms with van der Waals surface area (Å²) >= 11 is 1.20. The van der Waals surface area contributed by atoms with Gasteiger partial charge in [-0.15, -0.1) is 11.3 Å². The zero-order valence-corrected chi connectivity index (χ0v) is 14.7. The van der Waals surface area contributed by atoms with Gasteiger partial charge in [-0.3, -0.25) is 10.1 Å². The van der Waals surface area contributed by atoms with Crippen LogP contribution in [-0.4, -0.2) is 36.2 Å². The summed E-state index contributed by atoms with van der Waals surface area (Å²) in [6, 6.07) is 7.09. The summed E-state index contributed by atoms with van der Waals surface area (Å²) in [4.78, 5) is 28.2. The van der Waals surface area contributed by atoms with Crippen molar-refractivity contribution in [1.82, 2.24) is 10.3 Å². The Morgan fingerprint density at radius 1 is 1.36 bits per heavy atom. The first kappa shape index (κ1) is 17.4. The number of rotatable bonds is 5. The van der Waals surface area contributed by atoms with Crippen LogP contribution >= 0.6 is 11.3 Å². The number of ether oxygens (including phenoxy) is 1. The number of anilines is 2. The Balaban J connectivity index is 1.50. The Labute approximate surface area is 149 Å². The van der Waals surface area contributed by atoms with E-state index in [4.69, 9.17) is 4.74 Å². The van der Waals surface area contributed by atoms with Crippen molar-refractivity contribution in [2.75, 3.05) is 23.8 Å². The molecule has 2 heterocycles. The second-order valence-corrected chi connectivity index (χ2v) is 6.69. The van der Waals surface area contributed by atoms with Crippen molar-refractivity contribution < 1.29 is 14.3 Å². The van der Waals surface area contributed by atoms with Gasteiger partial charge in [-0.2, -0.15) is 0 Å². The lowest BCUT2D eigenvalue weighted by Crippen LogP contribution is -2.32. The lowest BCUT2D eigenvalue weighted by Gasteiger charge is -2.09. The average Bonchev–Trinajstić information content (AvgIpc) is 3.24. The molecule has 1 fully saturated rings. The molecule has 7 nitrogen and oxygen atoms in total. The van der Waals surface area contributed by atoms with Crippen molar-refractivity contribution in [1.29, 1.82) is 0 Å². The van der Waals surface area contributed by atoms with E-state index < -0.39 is 6.03 Å². The molecular weight excluding hydrogens is 340 g/mol. The second kappa shape index (κ2) is 8.09. The first-order valence-corrected chi connectivity index (χ1v) is 8.98. The standard InChI is InChI=1S/C17H20N4O3S/c1-11-4-2-5-12(8-11)19-16(23)21-17-20-14(10-25-17)15(22)18-9-13-6-3-7-24-13/h2,4-5,8,10,13H,3,6-7,9H2,1H3,(H,18,22)(H2,19,20,21,23)/t13-/m1/s1. The van der Waals surface area contributed by atoms with Crippen LogP contribution in [0.2, 0.25) is 0 Å². The molecule has 0 radical (unpaired) electrons. The maximum absolute atomic E-state index is 12.1. The van der Waals surface area contributed by atoms with Crippen LogP contribution in [0.5, 0.6) is 0 Å². The summed E-state index contributed by atoms with van der Waals surface area (Å²) in [5.74, 6) is -0.265. The molecule has 2 aromatic rings. The fourth-order valence-electron chi connectivity index (χ4n) is 2.52. The number of benzene rings is 1. The lowest BCUT2D eigenvalue weighted by atomic mass is 10.2. The number of thiazole rings is 1. The smallest absolute Gasteiger partial charge is 0.325 e. The summed E-state index contributed by atoms with van der Waals surface area (Å²) < 4.78 is 5.46. The highest BCUT2D eigenvalue weighted by Gasteiger charge is 2.18. The van der Waals surface area contributed by atoms with Gasteiger partial charge in [-0.1, -0.05) is 12.1 Å². The van der Waals surface area contributed by atoms with Gasteiger partial charge in [0.15, 0.2) is 5.13 Å². The number of aryl methyl sites for hydroxylation is 1. The minimum Gasteiger partial charge on any atom is -0.376 e. The SMILES string of the molecule is Cc1cccc(NC(=O)Nc2nc(C(=O)NC[C@H]3CCCO3)cs2)c1. The number of carbonyl (C=O) groups is 2. The Hall–Kier alpha value is -2.45. The molecule has 0 unspecified atom stereocenters. The van der Waals surface area contributed by atoms with E-state index in [9.17, 15) is 9.59 Å². The van der Waals surface area contributed by atoms with Crippen LogP contribution in [0.25, 0.3) is 0 Å². The van der Waals surface area contributed by atoms with E-state index in [1.807, 2.05) is 25.1 Å². The number of amides is 3. The third kappa shape index (κ3) is 5.01. The molecule has 8 heteroatoms. The summed E-state index contributed by atoms with van der Waals surface area (Å²) in [5.41, 5.74) is 2.04. The van der Waals surface area contributed by atoms with Crippen molar-refractivity contribution in [2.45, 2.75) is 25.9 Å². The molecule has 1 atom stereocenters. The maximum atomic E-state index is 12.1. The van der Waals surface area contributed by atoms with Gasteiger partial charge in [0.25, 0.3) is 5.91 Å². The highest BCUT2D eigenvalue weighted by atomic mass is 32.1. The predicted octanol–water partition coefficient (Wildman–Crippen LogP) is 3.00. The van der Waals surface area contributed by atoms with Crippen LogP contribution in [0.1, 0.15) is 28.9 Å². The predicted molar refractivity (Wildman–Crippen MR) is 97.2 cm³/mol. The Morgan fingerprint density at radius 2 is 2.24 bits per heavy atom. The molecule has 1 saturated heterocycles. The molecule has 0 saturated carbocycles. The molecular formula is C17H20N4O3S. The van der Waals surface area contributed by atoms with Crippen molar-refractivity contribution in [3.05, 3.63) is 40.9 Å². The number of nitrogens with zero attached hydrogens (tertiary/aromatic N) is 1. The largest absolute Gasteiger partial charge is 0.376 e. The van der Waals surface area contributed by atoms with Crippen LogP contribution in [0.3, 0.4) is 0 Å². The van der Waals surface area contributed by atoms with Gasteiger partial charge in [0, 0.05) is 24.2 Å². The molecule has 3 rings (SSSR count). The average molecular weight is 360 g/mol. The van der Waals surface area contributed by atoms with Gasteiger partial charge >= 0.3 is 6.03 Å². The first-order chi connectivity index (χ1) is 12.1. The summed E-state index contributed by atoms with van der Waals surface area (Å²) in [5, 5.41) is 10.2. The fourth-order valence-corrected chi connectivity index (χ4v) is 3.21. The van der Waals surface area contributed by atoms with Crippen LogP contribution in [0, 0.1) is 6.92 Å². The van der Waals surface area contributed by atoms with Crippen LogP contribution in [0.4, 0.5) is 15.6 Å². The molecule has 3 amide bonds. The third-order valence-corrected chi connectivity index (χ3v) is 4.51. The minimum absolute atomic E-state index is 0.0836. The minimum atomic E-state index is -0.397. The molecule has 0 aliphatic carbocycles. The lowest BCUT2D eigenvalue weighted by molar-refractivity contribution is 0.0854. The zero-order valence-electron chi connectivity index (χ0n) is 13.9. The van der Waals surface area contributed by atoms with Crippen LogP contribution in [0.15, 0.2) is 29.6 Å². The van der Waals surface area contributed by atoms with E-state index in [-0.39, 0.29) is 17.7 Å². The second-order valence-electron chi connectivity index (χ2n) is 5.83. The van der Waals surface area contributed by atoms with E-state index in [2.05, 4.69) is 20.9 Å². The Kier molecular flexibility index (Phi) is 5.62. The van der Waals surface area contributed by atoms with Gasteiger partial charge in [0.05, 0.1) is 6.10 Å². The van der Waals surface area contributed by atoms with E-state index in [1.165, 1.54) is 11.3 Å². The number of carbonyl (C=O) groups excluding carboxylic acids is 2. The Morgan fingerprint density at radius 3 is 3.00 bits per heavy atom. The van der Waals surface area contributed by atoms with E-state index >= 15 is 0 Å². The van der Waals surface area contributed by atoms with Crippen molar-refractivity contribution >= 4 is 34.1 Å². The van der Waals surface area contributed by atoms with E-state index in [1.54, 1.807) is 11.4 Å². The summed E-state index contributed by atoms with van der Waals surface area (Å²) in [6.45, 7) is 3.18. The summed E-state index contributed by atoms with van der Waals surface area (Å²) in [7, 11) is 0. The number of aromatic nitrogens is 1. The monoisotopic (exact) mass is 360 g/mol. The Bertz CT molecular complexity index is 756. The summed E-state index contributed by atoms with van der Waals surface area (Å²) in [6.07, 6.45) is 2.07. The fraction of sp³-hybridized carbons (Fsp3) is 0.353. The first-order valence-electron chi connectivity index (χ1n) is 8.10. The molecule has 1 aliphatic rings. The molecule has 3 N–H and O–H groups in total. The van der Waals surface area contributed by atoms with Gasteiger partial charge < -0.3 is 15.4 Å². The highest BCUT2D eigenvalue weighted by molar-refractivity contribution is 7.14. The molecule has 1 aromatic heterocycles. The van der Waals surface area contributed by atoms with Gasteiger partial charge in [-0.25, -0.2) is 9.78 Å². The topological polar surface area (TPSA) is 92.4 Å². The molecule has 1 aromatic carbocycles. The van der Waals surface area contributed by atoms with Crippen molar-refractivity contribution in [3.63, 3.8) is 0 Å². The normalized spacial score (nSPS) is 16.4. The van der Waals surface area contributed by atoms with E-state index in [0.717, 1.165) is 25.0 Å². The molecule has 132 valence electrons. The molecule has 0 spiro atoms. The molecule has 25 heavy (non-hydrogen) atoms. The van der Waals surface area contributed by atoms with Gasteiger partial charge in [0.1, 0.15) is 5.69 Å². The van der Waals surface area contributed by atoms with E-state index in [0.29, 0.717) is 17.4 Å². The quantitative estimate of drug-likeness (QED) is 0.764. The zero-order chi connectivity index (χ0) is 17.6. The number of nitrogens with one attached hydrogen (secondary N) is 3. The maximum Gasteiger partial charge on any atom is 0.325 e.